The number of hydrogen-bond donors (Lipinski definition) is 1. The second kappa shape index (κ2) is 4.21. The Morgan fingerprint density at radius 1 is 1.33 bits per heavy atom. The van der Waals surface area contributed by atoms with E-state index in [1.165, 1.54) is 11.8 Å². The van der Waals surface area contributed by atoms with E-state index in [4.69, 9.17) is 0 Å². The maximum absolute atomic E-state index is 13.5. The molecule has 0 atom stereocenters. The van der Waals surface area contributed by atoms with E-state index in [1.807, 2.05) is 19.9 Å². The number of rotatable bonds is 1. The average Bonchev–Trinajstić information content (AvgIpc) is 2.68. The fraction of sp³-hybridized carbons (Fsp3) is 0.357. The highest BCUT2D eigenvalue weighted by molar-refractivity contribution is 5.44. The Kier molecular flexibility index (Phi) is 2.67. The van der Waals surface area contributed by atoms with Crippen molar-refractivity contribution in [3.8, 4) is 5.69 Å². The topological polar surface area (TPSA) is 29.9 Å². The first-order valence-electron chi connectivity index (χ1n) is 6.21. The number of fused-ring (bicyclic) bond motifs is 1. The smallest absolute Gasteiger partial charge is 0.125 e. The molecule has 0 unspecified atom stereocenters. The molecule has 0 aliphatic carbocycles. The van der Waals surface area contributed by atoms with Crippen LogP contribution in [0.15, 0.2) is 18.2 Å². The largest absolute Gasteiger partial charge is 0.311 e. The molecule has 18 heavy (non-hydrogen) atoms. The maximum Gasteiger partial charge on any atom is 0.125 e. The van der Waals surface area contributed by atoms with Crippen molar-refractivity contribution < 1.29 is 4.39 Å². The maximum atomic E-state index is 13.5. The summed E-state index contributed by atoms with van der Waals surface area (Å²) in [7, 11) is 0. The van der Waals surface area contributed by atoms with Crippen molar-refractivity contribution in [2.75, 3.05) is 6.54 Å². The molecular formula is C14H16FN3. The van der Waals surface area contributed by atoms with Gasteiger partial charge in [-0.1, -0.05) is 6.07 Å². The number of imidazole rings is 1. The van der Waals surface area contributed by atoms with Crippen LogP contribution in [0.3, 0.4) is 0 Å². The third-order valence-electron chi connectivity index (χ3n) is 3.47. The summed E-state index contributed by atoms with van der Waals surface area (Å²) in [5.74, 6) is 0.726. The van der Waals surface area contributed by atoms with E-state index in [0.717, 1.165) is 42.3 Å². The van der Waals surface area contributed by atoms with Crippen LogP contribution in [-0.4, -0.2) is 16.1 Å². The third-order valence-corrected chi connectivity index (χ3v) is 3.47. The molecule has 1 aromatic heterocycles. The van der Waals surface area contributed by atoms with Gasteiger partial charge in [-0.2, -0.15) is 0 Å². The molecule has 0 fully saturated rings. The van der Waals surface area contributed by atoms with Gasteiger partial charge in [0.2, 0.25) is 0 Å². The van der Waals surface area contributed by atoms with Gasteiger partial charge in [0.15, 0.2) is 0 Å². The van der Waals surface area contributed by atoms with E-state index in [1.54, 1.807) is 6.07 Å². The molecule has 3 rings (SSSR count). The zero-order valence-electron chi connectivity index (χ0n) is 10.6. The van der Waals surface area contributed by atoms with E-state index in [9.17, 15) is 4.39 Å². The number of nitrogens with one attached hydrogen (secondary N) is 1. The van der Waals surface area contributed by atoms with E-state index in [2.05, 4.69) is 14.9 Å². The standard InChI is InChI=1S/C14H16FN3/c1-9-3-4-11(15)7-14(9)18-10(2)17-12-8-16-6-5-13(12)18/h3-4,7,16H,5-6,8H2,1-2H3. The van der Waals surface area contributed by atoms with Crippen molar-refractivity contribution >= 4 is 0 Å². The lowest BCUT2D eigenvalue weighted by atomic mass is 10.1. The van der Waals surface area contributed by atoms with Crippen LogP contribution in [0.4, 0.5) is 4.39 Å². The molecule has 94 valence electrons. The summed E-state index contributed by atoms with van der Waals surface area (Å²) in [6.07, 6.45) is 0.937. The molecule has 1 aliphatic heterocycles. The summed E-state index contributed by atoms with van der Waals surface area (Å²) in [6, 6.07) is 4.91. The van der Waals surface area contributed by atoms with E-state index >= 15 is 0 Å². The average molecular weight is 245 g/mol. The molecule has 1 N–H and O–H groups in total. The normalized spacial score (nSPS) is 14.6. The first kappa shape index (κ1) is 11.4. The van der Waals surface area contributed by atoms with Crippen LogP contribution < -0.4 is 5.32 Å². The molecule has 2 heterocycles. The Labute approximate surface area is 106 Å². The lowest BCUT2D eigenvalue weighted by Crippen LogP contribution is -2.24. The molecule has 0 radical (unpaired) electrons. The fourth-order valence-corrected chi connectivity index (χ4v) is 2.59. The first-order valence-corrected chi connectivity index (χ1v) is 6.21. The molecule has 1 aliphatic rings. The Morgan fingerprint density at radius 3 is 3.00 bits per heavy atom. The monoisotopic (exact) mass is 245 g/mol. The molecule has 0 saturated heterocycles. The third kappa shape index (κ3) is 1.73. The number of halogens is 1. The molecule has 4 heteroatoms. The number of nitrogens with zero attached hydrogens (tertiary/aromatic N) is 2. The molecule has 0 bridgehead atoms. The summed E-state index contributed by atoms with van der Waals surface area (Å²) < 4.78 is 15.5. The van der Waals surface area contributed by atoms with Crippen LogP contribution in [0.5, 0.6) is 0 Å². The van der Waals surface area contributed by atoms with Gasteiger partial charge < -0.3 is 9.88 Å². The molecular weight excluding hydrogens is 229 g/mol. The highest BCUT2D eigenvalue weighted by atomic mass is 19.1. The Bertz CT molecular complexity index is 601. The van der Waals surface area contributed by atoms with Gasteiger partial charge in [-0.25, -0.2) is 9.37 Å². The van der Waals surface area contributed by atoms with Gasteiger partial charge in [0.05, 0.1) is 11.4 Å². The fourth-order valence-electron chi connectivity index (χ4n) is 2.59. The van der Waals surface area contributed by atoms with Crippen molar-refractivity contribution in [1.29, 1.82) is 0 Å². The van der Waals surface area contributed by atoms with Crippen LogP contribution in [-0.2, 0) is 13.0 Å². The second-order valence-electron chi connectivity index (χ2n) is 4.75. The summed E-state index contributed by atoms with van der Waals surface area (Å²) in [5.41, 5.74) is 4.27. The van der Waals surface area contributed by atoms with Crippen LogP contribution in [0, 0.1) is 19.7 Å². The van der Waals surface area contributed by atoms with Crippen molar-refractivity contribution in [3.63, 3.8) is 0 Å². The minimum Gasteiger partial charge on any atom is -0.311 e. The SMILES string of the molecule is Cc1ccc(F)cc1-n1c(C)nc2c1CCNC2. The van der Waals surface area contributed by atoms with Gasteiger partial charge in [-0.05, 0) is 31.5 Å². The number of aryl methyl sites for hydroxylation is 2. The highest BCUT2D eigenvalue weighted by Gasteiger charge is 2.19. The number of aromatic nitrogens is 2. The predicted octanol–water partition coefficient (Wildman–Crippen LogP) is 2.27. The Morgan fingerprint density at radius 2 is 2.17 bits per heavy atom. The molecule has 0 spiro atoms. The second-order valence-corrected chi connectivity index (χ2v) is 4.75. The van der Waals surface area contributed by atoms with Crippen LogP contribution in [0.1, 0.15) is 22.8 Å². The van der Waals surface area contributed by atoms with E-state index in [-0.39, 0.29) is 5.82 Å². The Balaban J connectivity index is 2.22. The van der Waals surface area contributed by atoms with Gasteiger partial charge in [-0.15, -0.1) is 0 Å². The number of hydrogen-bond acceptors (Lipinski definition) is 2. The summed E-state index contributed by atoms with van der Waals surface area (Å²) in [6.45, 7) is 5.73. The minimum atomic E-state index is -0.202. The van der Waals surface area contributed by atoms with Crippen LogP contribution >= 0.6 is 0 Å². The minimum absolute atomic E-state index is 0.202. The first-order chi connectivity index (χ1) is 8.66. The Hall–Kier alpha value is -1.68. The van der Waals surface area contributed by atoms with Gasteiger partial charge in [0.25, 0.3) is 0 Å². The van der Waals surface area contributed by atoms with Crippen LogP contribution in [0.2, 0.25) is 0 Å². The predicted molar refractivity (Wildman–Crippen MR) is 68.4 cm³/mol. The van der Waals surface area contributed by atoms with Crippen molar-refractivity contribution in [2.45, 2.75) is 26.8 Å². The number of benzene rings is 1. The summed E-state index contributed by atoms with van der Waals surface area (Å²) in [5, 5.41) is 3.31. The molecule has 0 amide bonds. The highest BCUT2D eigenvalue weighted by Crippen LogP contribution is 2.24. The van der Waals surface area contributed by atoms with Gasteiger partial charge >= 0.3 is 0 Å². The molecule has 0 saturated carbocycles. The summed E-state index contributed by atoms with van der Waals surface area (Å²) >= 11 is 0. The zero-order chi connectivity index (χ0) is 12.7. The van der Waals surface area contributed by atoms with Crippen molar-refractivity contribution in [1.82, 2.24) is 14.9 Å². The van der Waals surface area contributed by atoms with Crippen molar-refractivity contribution in [2.24, 2.45) is 0 Å². The van der Waals surface area contributed by atoms with E-state index in [0.29, 0.717) is 0 Å². The zero-order valence-corrected chi connectivity index (χ0v) is 10.6. The van der Waals surface area contributed by atoms with Gasteiger partial charge in [0.1, 0.15) is 11.6 Å². The van der Waals surface area contributed by atoms with E-state index < -0.39 is 0 Å². The van der Waals surface area contributed by atoms with Gasteiger partial charge in [0, 0.05) is 25.2 Å². The summed E-state index contributed by atoms with van der Waals surface area (Å²) in [4.78, 5) is 4.58. The molecule has 3 nitrogen and oxygen atoms in total. The van der Waals surface area contributed by atoms with Gasteiger partial charge in [-0.3, -0.25) is 0 Å². The lowest BCUT2D eigenvalue weighted by molar-refractivity contribution is 0.614. The quantitative estimate of drug-likeness (QED) is 0.835. The molecule has 2 aromatic rings. The lowest BCUT2D eigenvalue weighted by Gasteiger charge is -2.17. The van der Waals surface area contributed by atoms with Crippen LogP contribution in [0.25, 0.3) is 5.69 Å². The molecule has 1 aromatic carbocycles. The van der Waals surface area contributed by atoms with Crippen molar-refractivity contribution in [3.05, 3.63) is 46.8 Å².